The molecule has 0 radical (unpaired) electrons. The second-order valence-electron chi connectivity index (χ2n) is 3.47. The first kappa shape index (κ1) is 11.2. The molecular formula is C9H14N6S. The molecule has 0 saturated carbocycles. The molecule has 86 valence electrons. The van der Waals surface area contributed by atoms with E-state index in [0.717, 1.165) is 24.2 Å². The van der Waals surface area contributed by atoms with Crippen molar-refractivity contribution >= 4 is 11.7 Å². The number of nitrogens with zero attached hydrogens (tertiary/aromatic N) is 4. The summed E-state index contributed by atoms with van der Waals surface area (Å²) in [6, 6.07) is -0.135. The van der Waals surface area contributed by atoms with Gasteiger partial charge in [-0.25, -0.2) is 5.43 Å². The first-order chi connectivity index (χ1) is 7.85. The minimum absolute atomic E-state index is 0.135. The number of rotatable bonds is 5. The fourth-order valence-electron chi connectivity index (χ4n) is 1.53. The second kappa shape index (κ2) is 5.15. The van der Waals surface area contributed by atoms with Gasteiger partial charge in [0, 0.05) is 18.3 Å². The van der Waals surface area contributed by atoms with E-state index >= 15 is 0 Å². The van der Waals surface area contributed by atoms with Gasteiger partial charge in [0.25, 0.3) is 0 Å². The van der Waals surface area contributed by atoms with E-state index in [1.807, 2.05) is 10.9 Å². The molecule has 1 atom stereocenters. The number of nitrogens with one attached hydrogen (secondary N) is 1. The summed E-state index contributed by atoms with van der Waals surface area (Å²) in [6.07, 6.45) is 6.55. The monoisotopic (exact) mass is 238 g/mol. The summed E-state index contributed by atoms with van der Waals surface area (Å²) in [6.45, 7) is 3.02. The van der Waals surface area contributed by atoms with Crippen molar-refractivity contribution in [3.05, 3.63) is 29.8 Å². The van der Waals surface area contributed by atoms with Crippen LogP contribution in [0.4, 0.5) is 0 Å². The van der Waals surface area contributed by atoms with Crippen molar-refractivity contribution in [3.63, 3.8) is 0 Å². The molecule has 6 nitrogen and oxygen atoms in total. The Labute approximate surface area is 97.8 Å². The summed E-state index contributed by atoms with van der Waals surface area (Å²) in [5.74, 6) is 5.53. The zero-order valence-electron chi connectivity index (χ0n) is 9.00. The molecule has 16 heavy (non-hydrogen) atoms. The molecule has 2 heterocycles. The van der Waals surface area contributed by atoms with E-state index in [-0.39, 0.29) is 6.04 Å². The molecular weight excluding hydrogens is 224 g/mol. The average Bonchev–Trinajstić information content (AvgIpc) is 2.92. The molecule has 0 fully saturated rings. The third kappa shape index (κ3) is 2.26. The van der Waals surface area contributed by atoms with Gasteiger partial charge >= 0.3 is 0 Å². The van der Waals surface area contributed by atoms with Gasteiger partial charge in [0.1, 0.15) is 0 Å². The fraction of sp³-hybridized carbons (Fsp3) is 0.444. The minimum atomic E-state index is -0.135. The van der Waals surface area contributed by atoms with Crippen LogP contribution in [0.25, 0.3) is 0 Å². The van der Waals surface area contributed by atoms with Gasteiger partial charge in [-0.3, -0.25) is 10.5 Å². The number of aryl methyl sites for hydroxylation is 1. The van der Waals surface area contributed by atoms with Crippen molar-refractivity contribution in [2.45, 2.75) is 25.9 Å². The molecule has 3 N–H and O–H groups in total. The van der Waals surface area contributed by atoms with Crippen molar-refractivity contribution in [2.75, 3.05) is 0 Å². The van der Waals surface area contributed by atoms with E-state index in [1.165, 1.54) is 11.7 Å². The lowest BCUT2D eigenvalue weighted by Crippen LogP contribution is -2.28. The molecule has 0 aliphatic heterocycles. The third-order valence-corrected chi connectivity index (χ3v) is 2.77. The van der Waals surface area contributed by atoms with Crippen LogP contribution in [0, 0.1) is 0 Å². The van der Waals surface area contributed by atoms with Crippen molar-refractivity contribution in [1.82, 2.24) is 24.0 Å². The lowest BCUT2D eigenvalue weighted by atomic mass is 10.1. The maximum Gasteiger partial charge on any atom is 0.0971 e. The molecule has 0 aliphatic carbocycles. The van der Waals surface area contributed by atoms with Crippen molar-refractivity contribution in [3.8, 4) is 0 Å². The maximum absolute atomic E-state index is 5.53. The Balaban J connectivity index is 2.20. The number of aromatic nitrogens is 4. The average molecular weight is 238 g/mol. The zero-order valence-corrected chi connectivity index (χ0v) is 9.81. The zero-order chi connectivity index (χ0) is 11.4. The van der Waals surface area contributed by atoms with Gasteiger partial charge in [-0.2, -0.15) is 13.8 Å². The first-order valence-corrected chi connectivity index (χ1v) is 5.84. The van der Waals surface area contributed by atoms with E-state index in [1.54, 1.807) is 12.4 Å². The van der Waals surface area contributed by atoms with Gasteiger partial charge in [0.05, 0.1) is 35.9 Å². The predicted molar refractivity (Wildman–Crippen MR) is 61.6 cm³/mol. The molecule has 0 amide bonds. The van der Waals surface area contributed by atoms with Crippen molar-refractivity contribution < 1.29 is 0 Å². The Morgan fingerprint density at radius 3 is 3.06 bits per heavy atom. The summed E-state index contributed by atoms with van der Waals surface area (Å²) in [4.78, 5) is 0. The highest BCUT2D eigenvalue weighted by Crippen LogP contribution is 2.18. The van der Waals surface area contributed by atoms with E-state index < -0.39 is 0 Å². The van der Waals surface area contributed by atoms with Crippen LogP contribution in [0.2, 0.25) is 0 Å². The molecule has 1 unspecified atom stereocenters. The van der Waals surface area contributed by atoms with Crippen molar-refractivity contribution in [2.24, 2.45) is 5.84 Å². The normalized spacial score (nSPS) is 12.9. The summed E-state index contributed by atoms with van der Waals surface area (Å²) in [5.41, 5.74) is 4.55. The van der Waals surface area contributed by atoms with E-state index in [9.17, 15) is 0 Å². The predicted octanol–water partition coefficient (Wildman–Crippen LogP) is 0.697. The summed E-state index contributed by atoms with van der Waals surface area (Å²) >= 11 is 1.17. The Morgan fingerprint density at radius 1 is 1.56 bits per heavy atom. The number of hydrazine groups is 1. The van der Waals surface area contributed by atoms with Crippen LogP contribution in [-0.4, -0.2) is 18.5 Å². The van der Waals surface area contributed by atoms with Gasteiger partial charge in [0.2, 0.25) is 0 Å². The minimum Gasteiger partial charge on any atom is -0.272 e. The quantitative estimate of drug-likeness (QED) is 0.592. The second-order valence-corrected chi connectivity index (χ2v) is 4.03. The van der Waals surface area contributed by atoms with Gasteiger partial charge in [0.15, 0.2) is 0 Å². The largest absolute Gasteiger partial charge is 0.272 e. The van der Waals surface area contributed by atoms with Gasteiger partial charge < -0.3 is 0 Å². The van der Waals surface area contributed by atoms with Crippen LogP contribution in [0.3, 0.4) is 0 Å². The molecule has 2 aromatic rings. The standard InChI is InChI=1S/C9H14N6S/c1-2-3-15-6-7(4-11-15)9(13-10)8-5-12-16-14-8/h4-6,9,13H,2-3,10H2,1H3. The van der Waals surface area contributed by atoms with E-state index in [2.05, 4.69) is 26.2 Å². The summed E-state index contributed by atoms with van der Waals surface area (Å²) in [7, 11) is 0. The van der Waals surface area contributed by atoms with Gasteiger partial charge in [-0.15, -0.1) is 0 Å². The van der Waals surface area contributed by atoms with Gasteiger partial charge in [-0.1, -0.05) is 6.92 Å². The SMILES string of the molecule is CCCn1cc(C(NN)c2cnsn2)cn1. The van der Waals surface area contributed by atoms with Crippen LogP contribution in [-0.2, 0) is 6.54 Å². The molecule has 7 heteroatoms. The Morgan fingerprint density at radius 2 is 2.44 bits per heavy atom. The van der Waals surface area contributed by atoms with Crippen molar-refractivity contribution in [1.29, 1.82) is 0 Å². The number of nitrogens with two attached hydrogens (primary N) is 1. The van der Waals surface area contributed by atoms with Crippen LogP contribution in [0.1, 0.15) is 30.6 Å². The van der Waals surface area contributed by atoms with E-state index in [4.69, 9.17) is 5.84 Å². The van der Waals surface area contributed by atoms with Crippen LogP contribution in [0.15, 0.2) is 18.6 Å². The topological polar surface area (TPSA) is 81.7 Å². The summed E-state index contributed by atoms with van der Waals surface area (Å²) < 4.78 is 10.0. The molecule has 0 bridgehead atoms. The first-order valence-electron chi connectivity index (χ1n) is 5.11. The van der Waals surface area contributed by atoms with Crippen LogP contribution in [0.5, 0.6) is 0 Å². The number of hydrogen-bond acceptors (Lipinski definition) is 6. The van der Waals surface area contributed by atoms with E-state index in [0.29, 0.717) is 0 Å². The van der Waals surface area contributed by atoms with Gasteiger partial charge in [-0.05, 0) is 6.42 Å². The lowest BCUT2D eigenvalue weighted by molar-refractivity contribution is 0.596. The third-order valence-electron chi connectivity index (χ3n) is 2.28. The summed E-state index contributed by atoms with van der Waals surface area (Å²) in [5, 5.41) is 4.26. The molecule has 0 saturated heterocycles. The highest BCUT2D eigenvalue weighted by Gasteiger charge is 2.16. The highest BCUT2D eigenvalue weighted by atomic mass is 32.1. The highest BCUT2D eigenvalue weighted by molar-refractivity contribution is 6.99. The molecule has 2 rings (SSSR count). The molecule has 0 spiro atoms. The lowest BCUT2D eigenvalue weighted by Gasteiger charge is -2.09. The van der Waals surface area contributed by atoms with Crippen LogP contribution < -0.4 is 11.3 Å². The smallest absolute Gasteiger partial charge is 0.0971 e. The Bertz CT molecular complexity index is 423. The molecule has 0 aromatic carbocycles. The molecule has 0 aliphatic rings. The molecule has 2 aromatic heterocycles. The Hall–Kier alpha value is -1.31. The van der Waals surface area contributed by atoms with Crippen LogP contribution >= 0.6 is 11.7 Å². The number of hydrogen-bond donors (Lipinski definition) is 2. The Kier molecular flexibility index (Phi) is 3.60. The fourth-order valence-corrected chi connectivity index (χ4v) is 1.98. The maximum atomic E-state index is 5.53.